The van der Waals surface area contributed by atoms with Crippen molar-refractivity contribution in [3.05, 3.63) is 65.5 Å². The molecule has 0 saturated carbocycles. The SMILES string of the molecule is Cc1ccc(S(=O)(=O)N2CCC[C@H](C(=O)NCCSCc3ccccc3F)C2)cc1. The van der Waals surface area contributed by atoms with Crippen LogP contribution in [0.25, 0.3) is 0 Å². The molecule has 1 aliphatic rings. The molecule has 162 valence electrons. The Bertz CT molecular complexity index is 965. The summed E-state index contributed by atoms with van der Waals surface area (Å²) in [4.78, 5) is 12.8. The molecule has 1 atom stereocenters. The number of rotatable bonds is 8. The van der Waals surface area contributed by atoms with Gasteiger partial charge in [0.2, 0.25) is 15.9 Å². The summed E-state index contributed by atoms with van der Waals surface area (Å²) < 4.78 is 40.8. The zero-order valence-electron chi connectivity index (χ0n) is 17.0. The molecule has 1 heterocycles. The number of nitrogens with zero attached hydrogens (tertiary/aromatic N) is 1. The van der Waals surface area contributed by atoms with Gasteiger partial charge in [0.15, 0.2) is 0 Å². The van der Waals surface area contributed by atoms with Gasteiger partial charge in [-0.2, -0.15) is 16.1 Å². The molecule has 0 aliphatic carbocycles. The molecule has 0 spiro atoms. The molecule has 0 bridgehead atoms. The molecule has 0 unspecified atom stereocenters. The molecular formula is C22H27FN2O3S2. The Hall–Kier alpha value is -1.90. The van der Waals surface area contributed by atoms with Gasteiger partial charge < -0.3 is 5.32 Å². The van der Waals surface area contributed by atoms with E-state index in [1.54, 1.807) is 54.2 Å². The van der Waals surface area contributed by atoms with Gasteiger partial charge in [-0.1, -0.05) is 35.9 Å². The van der Waals surface area contributed by atoms with E-state index in [1.807, 2.05) is 6.92 Å². The Balaban J connectivity index is 1.47. The van der Waals surface area contributed by atoms with E-state index in [1.165, 1.54) is 10.4 Å². The van der Waals surface area contributed by atoms with Gasteiger partial charge in [0, 0.05) is 31.1 Å². The highest BCUT2D eigenvalue weighted by Gasteiger charge is 2.33. The zero-order valence-corrected chi connectivity index (χ0v) is 18.6. The van der Waals surface area contributed by atoms with Gasteiger partial charge in [-0.15, -0.1) is 0 Å². The van der Waals surface area contributed by atoms with Crippen molar-refractivity contribution >= 4 is 27.7 Å². The molecule has 0 aromatic heterocycles. The van der Waals surface area contributed by atoms with E-state index >= 15 is 0 Å². The Morgan fingerprint density at radius 3 is 2.67 bits per heavy atom. The number of piperidine rings is 1. The highest BCUT2D eigenvalue weighted by Crippen LogP contribution is 2.24. The first-order valence-electron chi connectivity index (χ1n) is 10.0. The minimum atomic E-state index is -3.60. The van der Waals surface area contributed by atoms with Crippen LogP contribution in [0.2, 0.25) is 0 Å². The van der Waals surface area contributed by atoms with Gasteiger partial charge in [0.1, 0.15) is 5.82 Å². The normalized spacial score (nSPS) is 17.6. The number of aryl methyl sites for hydroxylation is 1. The number of hydrogen-bond donors (Lipinski definition) is 1. The summed E-state index contributed by atoms with van der Waals surface area (Å²) >= 11 is 1.55. The quantitative estimate of drug-likeness (QED) is 0.625. The predicted octanol–water partition coefficient (Wildman–Crippen LogP) is 3.58. The van der Waals surface area contributed by atoms with Gasteiger partial charge in [-0.05, 0) is 43.5 Å². The Kier molecular flexibility index (Phi) is 7.91. The molecule has 1 fully saturated rings. The number of amides is 1. The molecule has 2 aromatic rings. The van der Waals surface area contributed by atoms with Crippen LogP contribution >= 0.6 is 11.8 Å². The molecule has 1 N–H and O–H groups in total. The molecule has 0 radical (unpaired) electrons. The number of carbonyl (C=O) groups excluding carboxylic acids is 1. The second-order valence-electron chi connectivity index (χ2n) is 7.45. The smallest absolute Gasteiger partial charge is 0.243 e. The first-order chi connectivity index (χ1) is 14.4. The predicted molar refractivity (Wildman–Crippen MR) is 118 cm³/mol. The van der Waals surface area contributed by atoms with E-state index in [2.05, 4.69) is 5.32 Å². The van der Waals surface area contributed by atoms with E-state index < -0.39 is 10.0 Å². The number of nitrogens with one attached hydrogen (secondary N) is 1. The number of carbonyl (C=O) groups is 1. The summed E-state index contributed by atoms with van der Waals surface area (Å²) in [6.45, 7) is 3.01. The summed E-state index contributed by atoms with van der Waals surface area (Å²) in [5.74, 6) is 0.527. The third-order valence-electron chi connectivity index (χ3n) is 5.17. The highest BCUT2D eigenvalue weighted by atomic mass is 32.2. The van der Waals surface area contributed by atoms with Gasteiger partial charge in [-0.25, -0.2) is 12.8 Å². The zero-order chi connectivity index (χ0) is 21.6. The lowest BCUT2D eigenvalue weighted by atomic mass is 9.99. The third-order valence-corrected chi connectivity index (χ3v) is 8.06. The fourth-order valence-corrected chi connectivity index (χ4v) is 5.79. The summed E-state index contributed by atoms with van der Waals surface area (Å²) in [5.41, 5.74) is 1.65. The minimum absolute atomic E-state index is 0.120. The van der Waals surface area contributed by atoms with Crippen molar-refractivity contribution < 1.29 is 17.6 Å². The standard InChI is InChI=1S/C22H27FN2O3S2/c1-17-8-10-20(11-9-17)30(27,28)25-13-4-6-18(15-25)22(26)24-12-14-29-16-19-5-2-3-7-21(19)23/h2-3,5,7-11,18H,4,6,12-16H2,1H3,(H,24,26)/t18-/m0/s1. The first kappa shape index (κ1) is 22.8. The van der Waals surface area contributed by atoms with Crippen molar-refractivity contribution in [3.8, 4) is 0 Å². The first-order valence-corrected chi connectivity index (χ1v) is 12.6. The van der Waals surface area contributed by atoms with Gasteiger partial charge in [0.25, 0.3) is 0 Å². The topological polar surface area (TPSA) is 66.5 Å². The van der Waals surface area contributed by atoms with Crippen LogP contribution in [-0.4, -0.2) is 44.0 Å². The molecule has 5 nitrogen and oxygen atoms in total. The van der Waals surface area contributed by atoms with Crippen LogP contribution in [0.3, 0.4) is 0 Å². The molecular weight excluding hydrogens is 423 g/mol. The Morgan fingerprint density at radius 1 is 1.20 bits per heavy atom. The summed E-state index contributed by atoms with van der Waals surface area (Å²) in [6.07, 6.45) is 1.33. The fraction of sp³-hybridized carbons (Fsp3) is 0.409. The van der Waals surface area contributed by atoms with Gasteiger partial charge >= 0.3 is 0 Å². The van der Waals surface area contributed by atoms with E-state index in [-0.39, 0.29) is 29.1 Å². The Labute approximate surface area is 182 Å². The molecule has 30 heavy (non-hydrogen) atoms. The summed E-state index contributed by atoms with van der Waals surface area (Å²) in [5, 5.41) is 2.90. The van der Waals surface area contributed by atoms with Crippen LogP contribution in [0.15, 0.2) is 53.4 Å². The molecule has 1 saturated heterocycles. The second kappa shape index (κ2) is 10.4. The average Bonchev–Trinajstić information content (AvgIpc) is 2.75. The van der Waals surface area contributed by atoms with Crippen LogP contribution < -0.4 is 5.32 Å². The van der Waals surface area contributed by atoms with E-state index in [9.17, 15) is 17.6 Å². The number of hydrogen-bond acceptors (Lipinski definition) is 4. The number of sulfonamides is 1. The van der Waals surface area contributed by atoms with Crippen LogP contribution in [-0.2, 0) is 20.6 Å². The summed E-state index contributed by atoms with van der Waals surface area (Å²) in [7, 11) is -3.60. The van der Waals surface area contributed by atoms with Crippen LogP contribution in [0.5, 0.6) is 0 Å². The van der Waals surface area contributed by atoms with Crippen LogP contribution in [0.4, 0.5) is 4.39 Å². The highest BCUT2D eigenvalue weighted by molar-refractivity contribution is 7.98. The minimum Gasteiger partial charge on any atom is -0.355 e. The van der Waals surface area contributed by atoms with E-state index in [4.69, 9.17) is 0 Å². The van der Waals surface area contributed by atoms with Crippen molar-refractivity contribution in [2.75, 3.05) is 25.4 Å². The Morgan fingerprint density at radius 2 is 1.93 bits per heavy atom. The number of halogens is 1. The summed E-state index contributed by atoms with van der Waals surface area (Å²) in [6, 6.07) is 13.4. The maximum Gasteiger partial charge on any atom is 0.243 e. The number of benzene rings is 2. The molecule has 3 rings (SSSR count). The van der Waals surface area contributed by atoms with Crippen molar-refractivity contribution in [1.82, 2.24) is 9.62 Å². The number of thioether (sulfide) groups is 1. The van der Waals surface area contributed by atoms with E-state index in [0.29, 0.717) is 43.0 Å². The lowest BCUT2D eigenvalue weighted by molar-refractivity contribution is -0.125. The average molecular weight is 451 g/mol. The van der Waals surface area contributed by atoms with Crippen molar-refractivity contribution in [3.63, 3.8) is 0 Å². The molecule has 2 aromatic carbocycles. The fourth-order valence-electron chi connectivity index (χ4n) is 3.42. The lowest BCUT2D eigenvalue weighted by Gasteiger charge is -2.31. The molecule has 1 aliphatic heterocycles. The van der Waals surface area contributed by atoms with Gasteiger partial charge in [0.05, 0.1) is 10.8 Å². The second-order valence-corrected chi connectivity index (χ2v) is 10.5. The van der Waals surface area contributed by atoms with E-state index in [0.717, 1.165) is 5.56 Å². The van der Waals surface area contributed by atoms with Crippen LogP contribution in [0, 0.1) is 18.7 Å². The van der Waals surface area contributed by atoms with Crippen molar-refractivity contribution in [1.29, 1.82) is 0 Å². The van der Waals surface area contributed by atoms with Crippen molar-refractivity contribution in [2.45, 2.75) is 30.4 Å². The van der Waals surface area contributed by atoms with Crippen molar-refractivity contribution in [2.24, 2.45) is 5.92 Å². The lowest BCUT2D eigenvalue weighted by Crippen LogP contribution is -2.45. The maximum absolute atomic E-state index is 13.6. The largest absolute Gasteiger partial charge is 0.355 e. The molecule has 8 heteroatoms. The van der Waals surface area contributed by atoms with Crippen LogP contribution in [0.1, 0.15) is 24.0 Å². The van der Waals surface area contributed by atoms with Gasteiger partial charge in [-0.3, -0.25) is 4.79 Å². The monoisotopic (exact) mass is 450 g/mol. The molecule has 1 amide bonds. The maximum atomic E-state index is 13.6. The third kappa shape index (κ3) is 5.83.